The summed E-state index contributed by atoms with van der Waals surface area (Å²) in [6, 6.07) is 9.49. The molecule has 3 heterocycles. The van der Waals surface area contributed by atoms with Crippen LogP contribution in [0.4, 0.5) is 5.95 Å². The molecule has 0 aliphatic rings. The zero-order chi connectivity index (χ0) is 16.7. The van der Waals surface area contributed by atoms with Crippen molar-refractivity contribution in [1.82, 2.24) is 19.4 Å². The molecule has 0 aliphatic heterocycles. The van der Waals surface area contributed by atoms with Gasteiger partial charge in [0.15, 0.2) is 11.9 Å². The minimum Gasteiger partial charge on any atom is -0.353 e. The van der Waals surface area contributed by atoms with Crippen LogP contribution < -0.4 is 11.1 Å². The van der Waals surface area contributed by atoms with Crippen LogP contribution in [0.3, 0.4) is 0 Å². The Morgan fingerprint density at radius 3 is 2.92 bits per heavy atom. The standard InChI is InChI=1S/C17H16N6O/c1-10(18)7-19-17-20-8-11-6-12(9-24)16-21-13-4-2-3-5-14(13)23(16)15(11)22-17/h2-6,8-10H,7,18H2,1H3,(H,19,20,22)/t10-/m1/s1. The van der Waals surface area contributed by atoms with Crippen LogP contribution in [0.2, 0.25) is 0 Å². The highest BCUT2D eigenvalue weighted by Gasteiger charge is 2.14. The number of aldehydes is 1. The van der Waals surface area contributed by atoms with E-state index in [1.807, 2.05) is 35.6 Å². The van der Waals surface area contributed by atoms with Gasteiger partial charge in [-0.15, -0.1) is 0 Å². The molecule has 7 heteroatoms. The molecule has 0 radical (unpaired) electrons. The van der Waals surface area contributed by atoms with Gasteiger partial charge >= 0.3 is 0 Å². The molecule has 3 N–H and O–H groups in total. The van der Waals surface area contributed by atoms with E-state index in [1.54, 1.807) is 12.3 Å². The second-order valence-electron chi connectivity index (χ2n) is 5.81. The number of hydrogen-bond acceptors (Lipinski definition) is 6. The third kappa shape index (κ3) is 2.26. The fourth-order valence-electron chi connectivity index (χ4n) is 2.75. The first-order valence-electron chi connectivity index (χ1n) is 7.69. The number of pyridine rings is 1. The van der Waals surface area contributed by atoms with E-state index in [4.69, 9.17) is 5.73 Å². The minimum absolute atomic E-state index is 0.00386. The summed E-state index contributed by atoms with van der Waals surface area (Å²) in [6.45, 7) is 2.48. The largest absolute Gasteiger partial charge is 0.353 e. The Bertz CT molecular complexity index is 1070. The van der Waals surface area contributed by atoms with Gasteiger partial charge in [-0.05, 0) is 25.1 Å². The summed E-state index contributed by atoms with van der Waals surface area (Å²) in [7, 11) is 0. The number of imidazole rings is 1. The Morgan fingerprint density at radius 1 is 1.29 bits per heavy atom. The Morgan fingerprint density at radius 2 is 2.12 bits per heavy atom. The lowest BCUT2D eigenvalue weighted by Crippen LogP contribution is -2.25. The third-order valence-electron chi connectivity index (χ3n) is 3.85. The van der Waals surface area contributed by atoms with E-state index in [0.717, 1.165) is 22.7 Å². The van der Waals surface area contributed by atoms with Gasteiger partial charge in [0.1, 0.15) is 5.65 Å². The van der Waals surface area contributed by atoms with Crippen LogP contribution in [-0.4, -0.2) is 38.2 Å². The highest BCUT2D eigenvalue weighted by Crippen LogP contribution is 2.24. The van der Waals surface area contributed by atoms with Crippen molar-refractivity contribution in [3.05, 3.63) is 42.1 Å². The molecule has 4 aromatic rings. The molecule has 1 aromatic carbocycles. The van der Waals surface area contributed by atoms with Crippen molar-refractivity contribution >= 4 is 39.9 Å². The quantitative estimate of drug-likeness (QED) is 0.558. The SMILES string of the molecule is C[C@@H](N)CNc1ncc2cc(C=O)c3nc4ccccc4n3c2n1. The maximum absolute atomic E-state index is 11.5. The topological polar surface area (TPSA) is 98.2 Å². The van der Waals surface area contributed by atoms with Gasteiger partial charge in [0, 0.05) is 24.2 Å². The number of hydrogen-bond donors (Lipinski definition) is 2. The number of carbonyl (C=O) groups excluding carboxylic acids is 1. The normalized spacial score (nSPS) is 12.8. The van der Waals surface area contributed by atoms with Crippen LogP contribution in [-0.2, 0) is 0 Å². The first-order chi connectivity index (χ1) is 11.7. The molecule has 3 aromatic heterocycles. The number of fused-ring (bicyclic) bond motifs is 5. The molecular formula is C17H16N6O. The highest BCUT2D eigenvalue weighted by atomic mass is 16.1. The fourth-order valence-corrected chi connectivity index (χ4v) is 2.75. The lowest BCUT2D eigenvalue weighted by molar-refractivity contribution is 0.112. The molecule has 120 valence electrons. The molecule has 24 heavy (non-hydrogen) atoms. The van der Waals surface area contributed by atoms with Crippen LogP contribution in [0.25, 0.3) is 27.7 Å². The Balaban J connectivity index is 2.04. The fraction of sp³-hybridized carbons (Fsp3) is 0.176. The first kappa shape index (κ1) is 14.5. The summed E-state index contributed by atoms with van der Waals surface area (Å²) in [5.74, 6) is 0.498. The van der Waals surface area contributed by atoms with E-state index in [2.05, 4.69) is 20.3 Å². The van der Waals surface area contributed by atoms with E-state index >= 15 is 0 Å². The second-order valence-corrected chi connectivity index (χ2v) is 5.81. The van der Waals surface area contributed by atoms with Gasteiger partial charge in [-0.2, -0.15) is 4.98 Å². The number of rotatable bonds is 4. The van der Waals surface area contributed by atoms with Gasteiger partial charge in [0.05, 0.1) is 16.6 Å². The number of carbonyl (C=O) groups is 1. The molecule has 0 saturated carbocycles. The van der Waals surface area contributed by atoms with E-state index in [0.29, 0.717) is 29.4 Å². The molecule has 0 unspecified atom stereocenters. The molecule has 7 nitrogen and oxygen atoms in total. The number of nitrogens with two attached hydrogens (primary N) is 1. The van der Waals surface area contributed by atoms with Gasteiger partial charge in [0.2, 0.25) is 5.95 Å². The third-order valence-corrected chi connectivity index (χ3v) is 3.85. The van der Waals surface area contributed by atoms with E-state index in [-0.39, 0.29) is 6.04 Å². The molecule has 0 saturated heterocycles. The number of aromatic nitrogens is 4. The zero-order valence-electron chi connectivity index (χ0n) is 13.1. The smallest absolute Gasteiger partial charge is 0.224 e. The molecule has 0 fully saturated rings. The Hall–Kier alpha value is -3.06. The highest BCUT2D eigenvalue weighted by molar-refractivity contribution is 5.97. The van der Waals surface area contributed by atoms with Gasteiger partial charge in [0.25, 0.3) is 0 Å². The summed E-state index contributed by atoms with van der Waals surface area (Å²) in [6.07, 6.45) is 2.51. The monoisotopic (exact) mass is 320 g/mol. The zero-order valence-corrected chi connectivity index (χ0v) is 13.1. The second kappa shape index (κ2) is 5.54. The van der Waals surface area contributed by atoms with Crippen molar-refractivity contribution in [3.8, 4) is 0 Å². The lowest BCUT2D eigenvalue weighted by atomic mass is 10.2. The van der Waals surface area contributed by atoms with Crippen molar-refractivity contribution in [3.63, 3.8) is 0 Å². The van der Waals surface area contributed by atoms with Gasteiger partial charge in [-0.25, -0.2) is 9.97 Å². The Labute approximate surface area is 137 Å². The van der Waals surface area contributed by atoms with Crippen LogP contribution in [0.15, 0.2) is 36.5 Å². The summed E-state index contributed by atoms with van der Waals surface area (Å²) >= 11 is 0. The van der Waals surface area contributed by atoms with Gasteiger partial charge in [-0.3, -0.25) is 9.20 Å². The lowest BCUT2D eigenvalue weighted by Gasteiger charge is -2.09. The number of nitrogens with zero attached hydrogens (tertiary/aromatic N) is 4. The van der Waals surface area contributed by atoms with E-state index in [9.17, 15) is 4.79 Å². The average Bonchev–Trinajstić information content (AvgIpc) is 2.99. The van der Waals surface area contributed by atoms with Crippen LogP contribution in [0.1, 0.15) is 17.3 Å². The number of nitrogens with one attached hydrogen (secondary N) is 1. The molecule has 4 rings (SSSR count). The van der Waals surface area contributed by atoms with Crippen LogP contribution in [0.5, 0.6) is 0 Å². The molecule has 1 atom stereocenters. The summed E-state index contributed by atoms with van der Waals surface area (Å²) in [5.41, 5.74) is 9.29. The molecular weight excluding hydrogens is 304 g/mol. The van der Waals surface area contributed by atoms with Crippen LogP contribution >= 0.6 is 0 Å². The van der Waals surface area contributed by atoms with Crippen LogP contribution in [0, 0.1) is 0 Å². The van der Waals surface area contributed by atoms with Crippen molar-refractivity contribution in [1.29, 1.82) is 0 Å². The van der Waals surface area contributed by atoms with E-state index < -0.39 is 0 Å². The predicted molar refractivity (Wildman–Crippen MR) is 93.3 cm³/mol. The maximum atomic E-state index is 11.5. The van der Waals surface area contributed by atoms with Crippen molar-refractivity contribution < 1.29 is 4.79 Å². The summed E-state index contributed by atoms with van der Waals surface area (Å²) in [5, 5.41) is 3.90. The number of para-hydroxylation sites is 2. The molecule has 0 bridgehead atoms. The molecule has 0 spiro atoms. The molecule has 0 amide bonds. The predicted octanol–water partition coefficient (Wildman–Crippen LogP) is 2.00. The average molecular weight is 320 g/mol. The van der Waals surface area contributed by atoms with Crippen molar-refractivity contribution in [2.24, 2.45) is 5.73 Å². The number of anilines is 1. The summed E-state index contributed by atoms with van der Waals surface area (Å²) in [4.78, 5) is 24.9. The van der Waals surface area contributed by atoms with E-state index in [1.165, 1.54) is 0 Å². The minimum atomic E-state index is -0.00386. The van der Waals surface area contributed by atoms with Gasteiger partial charge in [-0.1, -0.05) is 12.1 Å². The molecule has 0 aliphatic carbocycles. The van der Waals surface area contributed by atoms with Gasteiger partial charge < -0.3 is 11.1 Å². The van der Waals surface area contributed by atoms with Crippen molar-refractivity contribution in [2.45, 2.75) is 13.0 Å². The maximum Gasteiger partial charge on any atom is 0.224 e. The Kier molecular flexibility index (Phi) is 3.35. The first-order valence-corrected chi connectivity index (χ1v) is 7.69. The van der Waals surface area contributed by atoms with Crippen molar-refractivity contribution in [2.75, 3.05) is 11.9 Å². The summed E-state index contributed by atoms with van der Waals surface area (Å²) < 4.78 is 1.90. The number of benzene rings is 1.